The molecular weight excluding hydrogens is 592 g/mol. The summed E-state index contributed by atoms with van der Waals surface area (Å²) in [5.41, 5.74) is -0.808. The quantitative estimate of drug-likeness (QED) is 0.225. The first kappa shape index (κ1) is 34.6. The van der Waals surface area contributed by atoms with E-state index < -0.39 is 51.0 Å². The van der Waals surface area contributed by atoms with E-state index in [1.165, 1.54) is 11.6 Å². The van der Waals surface area contributed by atoms with Gasteiger partial charge in [-0.1, -0.05) is 79.7 Å². The number of aliphatic hydroxyl groups is 3. The van der Waals surface area contributed by atoms with E-state index in [-0.39, 0.29) is 46.8 Å². The van der Waals surface area contributed by atoms with E-state index in [0.29, 0.717) is 5.56 Å². The monoisotopic (exact) mass is 642 g/mol. The number of carbonyl (C=O) groups is 3. The lowest BCUT2D eigenvalue weighted by atomic mass is 9.44. The van der Waals surface area contributed by atoms with Crippen LogP contribution in [0.25, 0.3) is 11.1 Å². The average molecular weight is 643 g/mol. The zero-order chi connectivity index (χ0) is 35.0. The number of aliphatic hydroxyl groups excluding tert-OH is 2. The van der Waals surface area contributed by atoms with Crippen LogP contribution in [0.1, 0.15) is 109 Å². The molecule has 0 bridgehead atoms. The van der Waals surface area contributed by atoms with Gasteiger partial charge in [0.05, 0.1) is 5.56 Å². The molecule has 2 aromatic carbocycles. The fourth-order valence-corrected chi connectivity index (χ4v) is 9.15. The van der Waals surface area contributed by atoms with Crippen LogP contribution in [0.4, 0.5) is 0 Å². The zero-order valence-electron chi connectivity index (χ0n) is 29.3. The Morgan fingerprint density at radius 1 is 1.02 bits per heavy atom. The molecule has 0 saturated carbocycles. The second-order valence-corrected chi connectivity index (χ2v) is 16.2. The van der Waals surface area contributed by atoms with Gasteiger partial charge in [0, 0.05) is 22.3 Å². The lowest BCUT2D eigenvalue weighted by molar-refractivity contribution is -0.171. The van der Waals surface area contributed by atoms with Gasteiger partial charge in [0.1, 0.15) is 22.8 Å². The molecule has 7 heteroatoms. The van der Waals surface area contributed by atoms with Gasteiger partial charge in [-0.15, -0.1) is 0 Å². The maximum atomic E-state index is 14.5. The zero-order valence-corrected chi connectivity index (χ0v) is 29.3. The molecule has 1 unspecified atom stereocenters. The summed E-state index contributed by atoms with van der Waals surface area (Å²) in [6, 6.07) is 9.82. The van der Waals surface area contributed by atoms with Crippen LogP contribution in [0.2, 0.25) is 0 Å². The minimum absolute atomic E-state index is 0.0442. The Balaban J connectivity index is 1.72. The molecule has 3 aliphatic carbocycles. The Morgan fingerprint density at radius 2 is 1.68 bits per heavy atom. The number of phenolic OH excluding ortho intramolecular Hbond substituents is 1. The molecule has 2 aromatic rings. The number of aryl methyl sites for hydroxylation is 2. The van der Waals surface area contributed by atoms with Gasteiger partial charge in [-0.3, -0.25) is 14.4 Å². The van der Waals surface area contributed by atoms with Crippen LogP contribution in [-0.4, -0.2) is 43.4 Å². The van der Waals surface area contributed by atoms with Crippen LogP contribution in [0.5, 0.6) is 5.75 Å². The molecule has 0 fully saturated rings. The second kappa shape index (κ2) is 11.5. The minimum Gasteiger partial charge on any atom is -0.511 e. The van der Waals surface area contributed by atoms with Crippen LogP contribution in [0.3, 0.4) is 0 Å². The largest absolute Gasteiger partial charge is 0.511 e. The third-order valence-corrected chi connectivity index (χ3v) is 11.1. The first-order chi connectivity index (χ1) is 21.7. The van der Waals surface area contributed by atoms with Gasteiger partial charge in [0.2, 0.25) is 5.78 Å². The fourth-order valence-electron chi connectivity index (χ4n) is 9.15. The molecule has 0 saturated heterocycles. The standard InChI is InChI=1S/C40H50O7/c1-10-24-14-13-23(12-11-17-37(5,6)7)18-26(24)25-15-16-28(42)30-27(25)19-38(8)20-39(9)31(21(2)3)33(43)29(22(4)41)35(45)40(39,47)36(46)32(38)34(30)44/h13-16,18,21,31,42-43,46-47H,10-12,17,19-20H2,1-9H3/t31?,38-,39-,40+/m1/s1. The van der Waals surface area contributed by atoms with Crippen LogP contribution < -0.4 is 0 Å². The van der Waals surface area contributed by atoms with Gasteiger partial charge in [-0.05, 0) is 90.7 Å². The van der Waals surface area contributed by atoms with E-state index in [4.69, 9.17) is 0 Å². The van der Waals surface area contributed by atoms with Crippen LogP contribution in [0, 0.1) is 28.1 Å². The van der Waals surface area contributed by atoms with Crippen LogP contribution in [0.15, 0.2) is 53.0 Å². The number of carbonyl (C=O) groups excluding carboxylic acids is 3. The van der Waals surface area contributed by atoms with Crippen molar-refractivity contribution in [2.45, 2.75) is 106 Å². The molecule has 0 aliphatic heterocycles. The van der Waals surface area contributed by atoms with Gasteiger partial charge in [0.25, 0.3) is 0 Å². The smallest absolute Gasteiger partial charge is 0.209 e. The summed E-state index contributed by atoms with van der Waals surface area (Å²) < 4.78 is 0. The number of Topliss-reactive ketones (excluding diaryl/α,β-unsaturated/α-hetero) is 3. The number of phenols is 1. The number of aromatic hydroxyl groups is 1. The molecule has 0 heterocycles. The topological polar surface area (TPSA) is 132 Å². The molecule has 7 nitrogen and oxygen atoms in total. The molecule has 0 amide bonds. The molecule has 5 rings (SSSR count). The summed E-state index contributed by atoms with van der Waals surface area (Å²) in [5.74, 6) is -5.11. The van der Waals surface area contributed by atoms with Crippen molar-refractivity contribution in [2.24, 2.45) is 28.1 Å². The number of benzene rings is 2. The van der Waals surface area contributed by atoms with Crippen molar-refractivity contribution in [1.29, 1.82) is 0 Å². The average Bonchev–Trinajstić information content (AvgIpc) is 2.94. The maximum Gasteiger partial charge on any atom is 0.209 e. The lowest BCUT2D eigenvalue weighted by Gasteiger charge is -2.59. The summed E-state index contributed by atoms with van der Waals surface area (Å²) in [6.07, 6.45) is 4.10. The predicted molar refractivity (Wildman–Crippen MR) is 182 cm³/mol. The highest BCUT2D eigenvalue weighted by molar-refractivity contribution is 6.25. The van der Waals surface area contributed by atoms with Crippen molar-refractivity contribution in [1.82, 2.24) is 0 Å². The van der Waals surface area contributed by atoms with Crippen LogP contribution in [-0.2, 0) is 28.9 Å². The van der Waals surface area contributed by atoms with Crippen molar-refractivity contribution in [3.8, 4) is 16.9 Å². The summed E-state index contributed by atoms with van der Waals surface area (Å²) in [5, 5.41) is 46.8. The van der Waals surface area contributed by atoms with Crippen molar-refractivity contribution in [3.05, 3.63) is 75.3 Å². The molecule has 252 valence electrons. The number of hydrogen-bond acceptors (Lipinski definition) is 7. The normalized spacial score (nSPS) is 27.6. The Bertz CT molecular complexity index is 1750. The number of allylic oxidation sites excluding steroid dienone is 2. The van der Waals surface area contributed by atoms with Crippen molar-refractivity contribution < 1.29 is 34.8 Å². The maximum absolute atomic E-state index is 14.5. The molecule has 0 spiro atoms. The third-order valence-electron chi connectivity index (χ3n) is 11.1. The highest BCUT2D eigenvalue weighted by Crippen LogP contribution is 2.65. The summed E-state index contributed by atoms with van der Waals surface area (Å²) in [6.45, 7) is 17.1. The first-order valence-corrected chi connectivity index (χ1v) is 16.9. The Labute approximate surface area is 278 Å². The molecule has 47 heavy (non-hydrogen) atoms. The van der Waals surface area contributed by atoms with Crippen LogP contribution >= 0.6 is 0 Å². The van der Waals surface area contributed by atoms with Crippen molar-refractivity contribution >= 4 is 17.3 Å². The first-order valence-electron chi connectivity index (χ1n) is 16.9. The summed E-state index contributed by atoms with van der Waals surface area (Å²) in [7, 11) is 0. The van der Waals surface area contributed by atoms with Gasteiger partial charge in [0.15, 0.2) is 17.2 Å². The van der Waals surface area contributed by atoms with Gasteiger partial charge in [-0.2, -0.15) is 0 Å². The van der Waals surface area contributed by atoms with Gasteiger partial charge < -0.3 is 20.4 Å². The van der Waals surface area contributed by atoms with E-state index in [1.807, 2.05) is 26.8 Å². The molecule has 0 radical (unpaired) electrons. The summed E-state index contributed by atoms with van der Waals surface area (Å²) >= 11 is 0. The summed E-state index contributed by atoms with van der Waals surface area (Å²) in [4.78, 5) is 41.1. The molecule has 0 aromatic heterocycles. The Hall–Kier alpha value is -3.71. The molecule has 4 atom stereocenters. The third kappa shape index (κ3) is 5.16. The second-order valence-electron chi connectivity index (χ2n) is 16.2. The Kier molecular flexibility index (Phi) is 8.45. The fraction of sp³-hybridized carbons (Fsp3) is 0.525. The van der Waals surface area contributed by atoms with Gasteiger partial charge in [-0.25, -0.2) is 0 Å². The number of fused-ring (bicyclic) bond motifs is 3. The van der Waals surface area contributed by atoms with E-state index in [2.05, 4.69) is 45.9 Å². The lowest BCUT2D eigenvalue weighted by Crippen LogP contribution is -2.67. The highest BCUT2D eigenvalue weighted by atomic mass is 16.3. The van der Waals surface area contributed by atoms with Crippen molar-refractivity contribution in [2.75, 3.05) is 0 Å². The van der Waals surface area contributed by atoms with E-state index in [9.17, 15) is 34.8 Å². The van der Waals surface area contributed by atoms with Crippen molar-refractivity contribution in [3.63, 3.8) is 0 Å². The number of ketones is 3. The van der Waals surface area contributed by atoms with Gasteiger partial charge >= 0.3 is 0 Å². The molecule has 3 aliphatic rings. The van der Waals surface area contributed by atoms with E-state index in [1.54, 1.807) is 6.92 Å². The highest BCUT2D eigenvalue weighted by Gasteiger charge is 2.71. The SMILES string of the molecule is CCc1ccc(CCCC(C)(C)C)cc1-c1ccc(O)c2c1C[C@]1(C)C[C@]3(C)C(C(C)C)C(O)=C(C(C)=O)C(=O)[C@]3(O)C(O)=C1C2=O. The molecule has 4 N–H and O–H groups in total. The number of hydrogen-bond donors (Lipinski definition) is 4. The minimum atomic E-state index is -2.62. The number of rotatable bonds is 7. The van der Waals surface area contributed by atoms with E-state index in [0.717, 1.165) is 49.3 Å². The Morgan fingerprint density at radius 3 is 2.26 bits per heavy atom. The molecular formula is C40H50O7. The van der Waals surface area contributed by atoms with E-state index >= 15 is 0 Å². The predicted octanol–water partition coefficient (Wildman–Crippen LogP) is 7.94.